The highest BCUT2D eigenvalue weighted by atomic mass is 16.5. The Hall–Kier alpha value is -2.08. The summed E-state index contributed by atoms with van der Waals surface area (Å²) in [5.74, 6) is 1.76. The van der Waals surface area contributed by atoms with Gasteiger partial charge in [-0.3, -0.25) is 0 Å². The maximum absolute atomic E-state index is 5.34. The Morgan fingerprint density at radius 2 is 2.16 bits per heavy atom. The van der Waals surface area contributed by atoms with Crippen LogP contribution in [0.2, 0.25) is 0 Å². The number of pyridine rings is 1. The average molecular weight is 259 g/mol. The number of morpholine rings is 1. The fourth-order valence-electron chi connectivity index (χ4n) is 2.07. The van der Waals surface area contributed by atoms with Crippen LogP contribution in [-0.4, -0.2) is 41.3 Å². The van der Waals surface area contributed by atoms with Gasteiger partial charge in [-0.25, -0.2) is 9.97 Å². The van der Waals surface area contributed by atoms with Gasteiger partial charge in [-0.05, 0) is 12.1 Å². The number of nitrogens with one attached hydrogen (secondary N) is 2. The number of rotatable bonds is 4. The third-order valence-electron chi connectivity index (χ3n) is 3.12. The molecule has 2 aromatic heterocycles. The minimum atomic E-state index is 0.650. The minimum Gasteiger partial charge on any atom is -0.378 e. The first kappa shape index (κ1) is 12.0. The lowest BCUT2D eigenvalue weighted by Crippen LogP contribution is -2.36. The number of anilines is 2. The maximum Gasteiger partial charge on any atom is 0.126 e. The van der Waals surface area contributed by atoms with Crippen molar-refractivity contribution in [2.24, 2.45) is 0 Å². The van der Waals surface area contributed by atoms with Crippen LogP contribution in [0.15, 0.2) is 30.7 Å². The molecule has 0 aliphatic carbocycles. The first-order valence-electron chi connectivity index (χ1n) is 6.43. The molecule has 0 saturated carbocycles. The number of hydrogen-bond donors (Lipinski definition) is 2. The predicted octanol–water partition coefficient (Wildman–Crippen LogP) is 1.25. The fourth-order valence-corrected chi connectivity index (χ4v) is 2.07. The first-order valence-corrected chi connectivity index (χ1v) is 6.43. The van der Waals surface area contributed by atoms with E-state index in [0.29, 0.717) is 6.54 Å². The van der Waals surface area contributed by atoms with Gasteiger partial charge in [0.1, 0.15) is 11.6 Å². The fraction of sp³-hybridized carbons (Fsp3) is 0.385. The van der Waals surface area contributed by atoms with Crippen molar-refractivity contribution >= 4 is 11.5 Å². The minimum absolute atomic E-state index is 0.650. The van der Waals surface area contributed by atoms with Gasteiger partial charge in [0.2, 0.25) is 0 Å². The zero-order valence-electron chi connectivity index (χ0n) is 10.7. The lowest BCUT2D eigenvalue weighted by Gasteiger charge is -2.28. The highest BCUT2D eigenvalue weighted by Crippen LogP contribution is 2.16. The van der Waals surface area contributed by atoms with Gasteiger partial charge in [0.05, 0.1) is 31.6 Å². The van der Waals surface area contributed by atoms with E-state index < -0.39 is 0 Å². The van der Waals surface area contributed by atoms with Crippen molar-refractivity contribution in [1.29, 1.82) is 0 Å². The highest BCUT2D eigenvalue weighted by molar-refractivity contribution is 5.49. The van der Waals surface area contributed by atoms with Crippen molar-refractivity contribution < 1.29 is 4.74 Å². The van der Waals surface area contributed by atoms with Gasteiger partial charge in [0.25, 0.3) is 0 Å². The lowest BCUT2D eigenvalue weighted by molar-refractivity contribution is 0.122. The molecule has 100 valence electrons. The largest absolute Gasteiger partial charge is 0.378 e. The number of H-pyrrole nitrogens is 1. The summed E-state index contributed by atoms with van der Waals surface area (Å²) in [6.07, 6.45) is 5.45. The number of ether oxygens (including phenoxy) is 1. The summed E-state index contributed by atoms with van der Waals surface area (Å²) in [6, 6.07) is 4.08. The van der Waals surface area contributed by atoms with Crippen molar-refractivity contribution in [3.05, 3.63) is 36.5 Å². The standard InChI is InChI=1S/C13H17N5O/c1-2-12(17-10-13-14-3-4-15-13)16-9-11(1)18-5-7-19-8-6-18/h1-4,9H,5-8,10H2,(H,14,15)(H,16,17). The van der Waals surface area contributed by atoms with Crippen molar-refractivity contribution in [3.8, 4) is 0 Å². The van der Waals surface area contributed by atoms with E-state index in [1.807, 2.05) is 18.5 Å². The number of nitrogens with zero attached hydrogens (tertiary/aromatic N) is 3. The lowest BCUT2D eigenvalue weighted by atomic mass is 10.3. The molecule has 1 fully saturated rings. The molecule has 1 saturated heterocycles. The van der Waals surface area contributed by atoms with Crippen LogP contribution in [0.3, 0.4) is 0 Å². The molecular formula is C13H17N5O. The molecule has 1 aliphatic heterocycles. The van der Waals surface area contributed by atoms with Gasteiger partial charge in [0.15, 0.2) is 0 Å². The van der Waals surface area contributed by atoms with Crippen LogP contribution in [0.25, 0.3) is 0 Å². The normalized spacial score (nSPS) is 15.5. The molecule has 3 rings (SSSR count). The SMILES string of the molecule is c1c[nH]c(CNc2ccc(N3CCOCC3)cn2)n1. The van der Waals surface area contributed by atoms with E-state index in [-0.39, 0.29) is 0 Å². The molecule has 0 spiro atoms. The van der Waals surface area contributed by atoms with Gasteiger partial charge in [0, 0.05) is 25.5 Å². The van der Waals surface area contributed by atoms with Gasteiger partial charge in [-0.1, -0.05) is 0 Å². The van der Waals surface area contributed by atoms with Crippen LogP contribution >= 0.6 is 0 Å². The molecule has 6 heteroatoms. The van der Waals surface area contributed by atoms with E-state index in [2.05, 4.69) is 31.2 Å². The number of aromatic nitrogens is 3. The molecule has 0 unspecified atom stereocenters. The molecule has 2 N–H and O–H groups in total. The molecule has 0 aromatic carbocycles. The zero-order chi connectivity index (χ0) is 12.9. The Bertz CT molecular complexity index is 490. The second-order valence-corrected chi connectivity index (χ2v) is 4.39. The number of imidazole rings is 1. The number of hydrogen-bond acceptors (Lipinski definition) is 5. The summed E-state index contributed by atoms with van der Waals surface area (Å²) in [6.45, 7) is 4.09. The molecule has 1 aliphatic rings. The van der Waals surface area contributed by atoms with Crippen LogP contribution in [-0.2, 0) is 11.3 Å². The average Bonchev–Trinajstić information content (AvgIpc) is 3.00. The quantitative estimate of drug-likeness (QED) is 0.865. The van der Waals surface area contributed by atoms with Crippen molar-refractivity contribution in [1.82, 2.24) is 15.0 Å². The molecular weight excluding hydrogens is 242 g/mol. The Balaban J connectivity index is 1.58. The van der Waals surface area contributed by atoms with Gasteiger partial charge < -0.3 is 19.9 Å². The Labute approximate surface area is 111 Å². The molecule has 3 heterocycles. The Kier molecular flexibility index (Phi) is 3.60. The zero-order valence-corrected chi connectivity index (χ0v) is 10.7. The first-order chi connectivity index (χ1) is 9.42. The molecule has 6 nitrogen and oxygen atoms in total. The van der Waals surface area contributed by atoms with E-state index in [4.69, 9.17) is 4.74 Å². The third-order valence-corrected chi connectivity index (χ3v) is 3.12. The van der Waals surface area contributed by atoms with Crippen LogP contribution in [0.5, 0.6) is 0 Å². The van der Waals surface area contributed by atoms with E-state index in [1.54, 1.807) is 6.20 Å². The van der Waals surface area contributed by atoms with Gasteiger partial charge in [-0.2, -0.15) is 0 Å². The number of aromatic amines is 1. The summed E-state index contributed by atoms with van der Waals surface area (Å²) >= 11 is 0. The van der Waals surface area contributed by atoms with Crippen LogP contribution in [0.4, 0.5) is 11.5 Å². The second kappa shape index (κ2) is 5.71. The van der Waals surface area contributed by atoms with E-state index in [0.717, 1.165) is 43.6 Å². The van der Waals surface area contributed by atoms with Crippen molar-refractivity contribution in [2.45, 2.75) is 6.54 Å². The summed E-state index contributed by atoms with van der Waals surface area (Å²) in [7, 11) is 0. The van der Waals surface area contributed by atoms with Crippen LogP contribution < -0.4 is 10.2 Å². The molecule has 0 bridgehead atoms. The Morgan fingerprint density at radius 1 is 1.26 bits per heavy atom. The molecule has 0 atom stereocenters. The van der Waals surface area contributed by atoms with E-state index in [1.165, 1.54) is 0 Å². The summed E-state index contributed by atoms with van der Waals surface area (Å²) in [5, 5.41) is 3.23. The smallest absolute Gasteiger partial charge is 0.126 e. The van der Waals surface area contributed by atoms with Crippen LogP contribution in [0.1, 0.15) is 5.82 Å². The monoisotopic (exact) mass is 259 g/mol. The predicted molar refractivity (Wildman–Crippen MR) is 73.2 cm³/mol. The molecule has 0 amide bonds. The van der Waals surface area contributed by atoms with Gasteiger partial charge >= 0.3 is 0 Å². The van der Waals surface area contributed by atoms with E-state index >= 15 is 0 Å². The topological polar surface area (TPSA) is 66.1 Å². The molecule has 2 aromatic rings. The third kappa shape index (κ3) is 3.03. The molecule has 0 radical (unpaired) electrons. The maximum atomic E-state index is 5.34. The van der Waals surface area contributed by atoms with Crippen LogP contribution in [0, 0.1) is 0 Å². The molecule has 19 heavy (non-hydrogen) atoms. The summed E-state index contributed by atoms with van der Waals surface area (Å²) in [5.41, 5.74) is 1.15. The highest BCUT2D eigenvalue weighted by Gasteiger charge is 2.11. The second-order valence-electron chi connectivity index (χ2n) is 4.39. The summed E-state index contributed by atoms with van der Waals surface area (Å²) in [4.78, 5) is 13.9. The van der Waals surface area contributed by atoms with Gasteiger partial charge in [-0.15, -0.1) is 0 Å². The van der Waals surface area contributed by atoms with E-state index in [9.17, 15) is 0 Å². The Morgan fingerprint density at radius 3 is 2.84 bits per heavy atom. The van der Waals surface area contributed by atoms with Crippen molar-refractivity contribution in [3.63, 3.8) is 0 Å². The van der Waals surface area contributed by atoms with Crippen molar-refractivity contribution in [2.75, 3.05) is 36.5 Å². The summed E-state index contributed by atoms with van der Waals surface area (Å²) < 4.78 is 5.34.